The van der Waals surface area contributed by atoms with Crippen LogP contribution in [-0.2, 0) is 11.0 Å². The van der Waals surface area contributed by atoms with Crippen LogP contribution in [0.1, 0.15) is 5.56 Å². The fourth-order valence-corrected chi connectivity index (χ4v) is 1.26. The van der Waals surface area contributed by atoms with Crippen molar-refractivity contribution in [3.63, 3.8) is 0 Å². The first-order valence-electron chi connectivity index (χ1n) is 4.22. The molecule has 0 bridgehead atoms. The highest BCUT2D eigenvalue weighted by Gasteiger charge is 2.36. The van der Waals surface area contributed by atoms with Gasteiger partial charge in [-0.1, -0.05) is 12.1 Å². The number of rotatable bonds is 1. The number of nitrogens with zero attached hydrogens (tertiary/aromatic N) is 1. The molecule has 5 nitrogen and oxygen atoms in total. The van der Waals surface area contributed by atoms with E-state index in [1.54, 1.807) is 0 Å². The van der Waals surface area contributed by atoms with Gasteiger partial charge < -0.3 is 4.84 Å². The molecule has 1 aliphatic rings. The highest BCUT2D eigenvalue weighted by molar-refractivity contribution is 5.74. The monoisotopic (exact) mass is 232 g/mol. The van der Waals surface area contributed by atoms with Gasteiger partial charge in [-0.05, 0) is 17.7 Å². The van der Waals surface area contributed by atoms with Gasteiger partial charge in [0.25, 0.3) is 0 Å². The molecule has 16 heavy (non-hydrogen) atoms. The minimum absolute atomic E-state index is 0.169. The quantitative estimate of drug-likeness (QED) is 0.685. The number of hydrazine groups is 2. The number of alkyl halides is 3. The third-order valence-corrected chi connectivity index (χ3v) is 1.90. The van der Waals surface area contributed by atoms with Gasteiger partial charge in [0.2, 0.25) is 0 Å². The van der Waals surface area contributed by atoms with Gasteiger partial charge in [-0.25, -0.2) is 10.8 Å². The normalized spacial score (nSPS) is 15.9. The number of hydrogen-bond donors (Lipinski definition) is 3. The summed E-state index contributed by atoms with van der Waals surface area (Å²) in [7, 11) is 0. The van der Waals surface area contributed by atoms with Gasteiger partial charge in [0.1, 0.15) is 0 Å². The van der Waals surface area contributed by atoms with Gasteiger partial charge >= 0.3 is 12.2 Å². The Morgan fingerprint density at radius 1 is 1.25 bits per heavy atom. The molecule has 0 saturated carbocycles. The molecule has 1 aromatic carbocycles. The minimum Gasteiger partial charge on any atom is -0.348 e. The number of nitrogens with one attached hydrogen (secondary N) is 3. The van der Waals surface area contributed by atoms with E-state index in [0.717, 1.165) is 11.2 Å². The van der Waals surface area contributed by atoms with Crippen molar-refractivity contribution < 1.29 is 18.0 Å². The fraction of sp³-hybridized carbons (Fsp3) is 0.125. The van der Waals surface area contributed by atoms with Crippen LogP contribution in [0.3, 0.4) is 0 Å². The second-order valence-electron chi connectivity index (χ2n) is 2.98. The first-order chi connectivity index (χ1) is 7.48. The first kappa shape index (κ1) is 10.6. The molecule has 1 heterocycles. The molecule has 1 saturated heterocycles. The topological polar surface area (TPSA) is 60.4 Å². The SMILES string of the molecule is N=C1NN(c2ccccc2C(F)(F)F)NO1. The Hall–Kier alpha value is -1.96. The van der Waals surface area contributed by atoms with Crippen molar-refractivity contribution in [1.82, 2.24) is 11.0 Å². The second kappa shape index (κ2) is 3.56. The van der Waals surface area contributed by atoms with Crippen molar-refractivity contribution in [1.29, 1.82) is 5.41 Å². The van der Waals surface area contributed by atoms with Crippen LogP contribution >= 0.6 is 0 Å². The van der Waals surface area contributed by atoms with Crippen molar-refractivity contribution in [2.75, 3.05) is 5.12 Å². The van der Waals surface area contributed by atoms with E-state index in [4.69, 9.17) is 5.41 Å². The molecule has 2 rings (SSSR count). The maximum atomic E-state index is 12.6. The smallest absolute Gasteiger partial charge is 0.348 e. The molecule has 0 atom stereocenters. The third-order valence-electron chi connectivity index (χ3n) is 1.90. The Kier molecular flexibility index (Phi) is 2.35. The van der Waals surface area contributed by atoms with Crippen LogP contribution in [0.4, 0.5) is 18.9 Å². The van der Waals surface area contributed by atoms with E-state index in [2.05, 4.69) is 15.9 Å². The number of para-hydroxylation sites is 1. The fourth-order valence-electron chi connectivity index (χ4n) is 1.26. The second-order valence-corrected chi connectivity index (χ2v) is 2.98. The molecule has 0 aromatic heterocycles. The molecule has 1 aliphatic heterocycles. The molecular weight excluding hydrogens is 225 g/mol. The summed E-state index contributed by atoms with van der Waals surface area (Å²) in [5, 5.41) is 7.92. The molecule has 1 aromatic rings. The summed E-state index contributed by atoms with van der Waals surface area (Å²) < 4.78 is 37.9. The molecule has 0 unspecified atom stereocenters. The van der Waals surface area contributed by atoms with E-state index in [9.17, 15) is 13.2 Å². The van der Waals surface area contributed by atoms with Crippen molar-refractivity contribution in [2.24, 2.45) is 0 Å². The number of halogens is 3. The van der Waals surface area contributed by atoms with E-state index in [1.807, 2.05) is 0 Å². The Labute approximate surface area is 88.2 Å². The van der Waals surface area contributed by atoms with Crippen molar-refractivity contribution in [2.45, 2.75) is 6.18 Å². The van der Waals surface area contributed by atoms with Crippen molar-refractivity contribution in [3.8, 4) is 0 Å². The Bertz CT molecular complexity index is 420. The molecule has 0 radical (unpaired) electrons. The molecule has 0 spiro atoms. The Morgan fingerprint density at radius 3 is 2.50 bits per heavy atom. The molecule has 0 aliphatic carbocycles. The van der Waals surface area contributed by atoms with E-state index in [0.29, 0.717) is 0 Å². The van der Waals surface area contributed by atoms with Crippen LogP contribution in [0, 0.1) is 5.41 Å². The maximum Gasteiger partial charge on any atom is 0.418 e. The Balaban J connectivity index is 2.37. The van der Waals surface area contributed by atoms with Crippen molar-refractivity contribution >= 4 is 11.7 Å². The number of anilines is 1. The van der Waals surface area contributed by atoms with Gasteiger partial charge in [0.15, 0.2) is 0 Å². The van der Waals surface area contributed by atoms with Crippen LogP contribution in [0.25, 0.3) is 0 Å². The number of hydrogen-bond acceptors (Lipinski definition) is 4. The third kappa shape index (κ3) is 1.87. The van der Waals surface area contributed by atoms with Crippen LogP contribution in [0.2, 0.25) is 0 Å². The van der Waals surface area contributed by atoms with Crippen LogP contribution in [-0.4, -0.2) is 6.02 Å². The lowest BCUT2D eigenvalue weighted by Gasteiger charge is -2.19. The van der Waals surface area contributed by atoms with Crippen LogP contribution in [0.15, 0.2) is 24.3 Å². The van der Waals surface area contributed by atoms with Gasteiger partial charge in [-0.3, -0.25) is 0 Å². The average Bonchev–Trinajstić information content (AvgIpc) is 2.64. The van der Waals surface area contributed by atoms with E-state index in [1.165, 1.54) is 18.2 Å². The minimum atomic E-state index is -4.47. The first-order valence-corrected chi connectivity index (χ1v) is 4.22. The lowest BCUT2D eigenvalue weighted by Crippen LogP contribution is -2.40. The molecule has 3 N–H and O–H groups in total. The lowest BCUT2D eigenvalue weighted by atomic mass is 10.2. The maximum absolute atomic E-state index is 12.6. The van der Waals surface area contributed by atoms with E-state index in [-0.39, 0.29) is 11.7 Å². The van der Waals surface area contributed by atoms with Gasteiger partial charge in [-0.2, -0.15) is 18.3 Å². The van der Waals surface area contributed by atoms with E-state index >= 15 is 0 Å². The number of amidine groups is 1. The predicted molar refractivity (Wildman–Crippen MR) is 49.0 cm³/mol. The number of benzene rings is 1. The van der Waals surface area contributed by atoms with Gasteiger partial charge in [0, 0.05) is 0 Å². The molecular formula is C8H7F3N4O. The van der Waals surface area contributed by atoms with Gasteiger partial charge in [-0.15, -0.1) is 0 Å². The summed E-state index contributed by atoms with van der Waals surface area (Å²) in [6.45, 7) is 0. The Morgan fingerprint density at radius 2 is 1.94 bits per heavy atom. The van der Waals surface area contributed by atoms with Crippen molar-refractivity contribution in [3.05, 3.63) is 29.8 Å². The lowest BCUT2D eigenvalue weighted by molar-refractivity contribution is -0.137. The summed E-state index contributed by atoms with van der Waals surface area (Å²) in [6, 6.07) is 4.56. The molecule has 0 amide bonds. The summed E-state index contributed by atoms with van der Waals surface area (Å²) in [5.41, 5.74) is 3.40. The van der Waals surface area contributed by atoms with Crippen LogP contribution in [0.5, 0.6) is 0 Å². The summed E-state index contributed by atoms with van der Waals surface area (Å²) in [6.07, 6.45) is -4.47. The molecule has 8 heteroatoms. The zero-order valence-electron chi connectivity index (χ0n) is 7.80. The van der Waals surface area contributed by atoms with Gasteiger partial charge in [0.05, 0.1) is 11.3 Å². The highest BCUT2D eigenvalue weighted by Crippen LogP contribution is 2.35. The zero-order valence-corrected chi connectivity index (χ0v) is 7.80. The predicted octanol–water partition coefficient (Wildman–Crippen LogP) is 1.40. The summed E-state index contributed by atoms with van der Waals surface area (Å²) in [5.74, 6) is 0. The van der Waals surface area contributed by atoms with Crippen LogP contribution < -0.4 is 16.1 Å². The average molecular weight is 232 g/mol. The zero-order chi connectivity index (χ0) is 11.8. The standard InChI is InChI=1S/C8H7F3N4O/c9-8(10,11)5-3-1-2-4-6(5)15-13-7(12)16-14-15/h1-4,14H,(H2,12,13). The summed E-state index contributed by atoms with van der Waals surface area (Å²) >= 11 is 0. The van der Waals surface area contributed by atoms with E-state index < -0.39 is 11.7 Å². The molecule has 86 valence electrons. The molecule has 1 fully saturated rings. The highest BCUT2D eigenvalue weighted by atomic mass is 19.4. The summed E-state index contributed by atoms with van der Waals surface area (Å²) in [4.78, 5) is 4.47. The largest absolute Gasteiger partial charge is 0.418 e.